The molecule has 0 saturated carbocycles. The van der Waals surface area contributed by atoms with Crippen LogP contribution in [0.25, 0.3) is 22.0 Å². The van der Waals surface area contributed by atoms with Gasteiger partial charge < -0.3 is 25.0 Å². The Morgan fingerprint density at radius 1 is 1.14 bits per heavy atom. The predicted molar refractivity (Wildman–Crippen MR) is 129 cm³/mol. The fourth-order valence-electron chi connectivity index (χ4n) is 4.04. The Balaban J connectivity index is 1.34. The van der Waals surface area contributed by atoms with Gasteiger partial charge in [-0.15, -0.1) is 0 Å². The summed E-state index contributed by atoms with van der Waals surface area (Å²) in [5.74, 6) is -1.05. The van der Waals surface area contributed by atoms with Gasteiger partial charge in [-0.3, -0.25) is 9.78 Å². The first-order chi connectivity index (χ1) is 16.8. The minimum atomic E-state index is -0.639. The number of piperidine rings is 1. The molecule has 2 N–H and O–H groups in total. The highest BCUT2D eigenvalue weighted by atomic mass is 19.1. The lowest BCUT2D eigenvalue weighted by Gasteiger charge is -2.33. The second-order valence-corrected chi connectivity index (χ2v) is 8.55. The minimum Gasteiger partial charge on any atom is -0.488 e. The maximum absolute atomic E-state index is 14.8. The van der Waals surface area contributed by atoms with Gasteiger partial charge in [0.15, 0.2) is 11.6 Å². The molecule has 0 atom stereocenters. The van der Waals surface area contributed by atoms with Crippen LogP contribution in [-0.4, -0.2) is 78.2 Å². The van der Waals surface area contributed by atoms with Gasteiger partial charge in [-0.2, -0.15) is 0 Å². The van der Waals surface area contributed by atoms with Crippen molar-refractivity contribution in [3.05, 3.63) is 54.2 Å². The lowest BCUT2D eigenvalue weighted by atomic mass is 10.0. The van der Waals surface area contributed by atoms with Crippen LogP contribution >= 0.6 is 0 Å². The number of benzene rings is 1. The number of nitrogens with two attached hydrogens (primary N) is 1. The van der Waals surface area contributed by atoms with E-state index in [1.54, 1.807) is 49.6 Å². The molecule has 0 unspecified atom stereocenters. The van der Waals surface area contributed by atoms with Crippen molar-refractivity contribution in [2.45, 2.75) is 18.9 Å². The second kappa shape index (κ2) is 10.6. The third-order valence-corrected chi connectivity index (χ3v) is 5.88. The summed E-state index contributed by atoms with van der Waals surface area (Å²) in [6, 6.07) is 7.86. The molecule has 0 radical (unpaired) electrons. The summed E-state index contributed by atoms with van der Waals surface area (Å²) in [6.45, 7) is 1.82. The Morgan fingerprint density at radius 2 is 1.91 bits per heavy atom. The Bertz CT molecular complexity index is 1230. The molecule has 184 valence electrons. The number of nitrogens with zero attached hydrogens (tertiary/aromatic N) is 4. The summed E-state index contributed by atoms with van der Waals surface area (Å²) >= 11 is 0. The van der Waals surface area contributed by atoms with Gasteiger partial charge in [0.05, 0.1) is 18.2 Å². The number of fused-ring (bicyclic) bond motifs is 1. The molecule has 2 aromatic heterocycles. The van der Waals surface area contributed by atoms with E-state index in [0.29, 0.717) is 41.7 Å². The van der Waals surface area contributed by atoms with E-state index in [0.717, 1.165) is 12.8 Å². The van der Waals surface area contributed by atoms with Gasteiger partial charge in [0, 0.05) is 50.5 Å². The zero-order valence-electron chi connectivity index (χ0n) is 19.7. The summed E-state index contributed by atoms with van der Waals surface area (Å²) < 4.78 is 26.2. The van der Waals surface area contributed by atoms with Crippen molar-refractivity contribution in [2.75, 3.05) is 40.4 Å². The number of pyridine rings is 2. The lowest BCUT2D eigenvalue weighted by Crippen LogP contribution is -2.45. The molecule has 4 rings (SSSR count). The fraction of sp³-hybridized carbons (Fsp3) is 0.360. The number of amides is 3. The molecular formula is C25H28FN5O4. The summed E-state index contributed by atoms with van der Waals surface area (Å²) in [5.41, 5.74) is 7.12. The van der Waals surface area contributed by atoms with Crippen molar-refractivity contribution in [1.29, 1.82) is 0 Å². The molecule has 3 amide bonds. The van der Waals surface area contributed by atoms with Crippen LogP contribution in [0.3, 0.4) is 0 Å². The molecule has 1 aliphatic heterocycles. The van der Waals surface area contributed by atoms with Crippen LogP contribution in [-0.2, 0) is 4.74 Å². The minimum absolute atomic E-state index is 0.00841. The molecule has 9 nitrogen and oxygen atoms in total. The van der Waals surface area contributed by atoms with Gasteiger partial charge in [0.1, 0.15) is 12.3 Å². The van der Waals surface area contributed by atoms with Crippen LogP contribution in [0.2, 0.25) is 0 Å². The topological polar surface area (TPSA) is 111 Å². The van der Waals surface area contributed by atoms with Crippen molar-refractivity contribution >= 4 is 22.8 Å². The van der Waals surface area contributed by atoms with Crippen LogP contribution in [0.4, 0.5) is 9.18 Å². The van der Waals surface area contributed by atoms with E-state index in [2.05, 4.69) is 9.97 Å². The molecule has 0 aliphatic carbocycles. The second-order valence-electron chi connectivity index (χ2n) is 8.55. The van der Waals surface area contributed by atoms with Gasteiger partial charge >= 0.3 is 6.03 Å². The third kappa shape index (κ3) is 5.65. The number of rotatable bonds is 7. The quantitative estimate of drug-likeness (QED) is 0.519. The first kappa shape index (κ1) is 24.3. The summed E-state index contributed by atoms with van der Waals surface area (Å²) in [5, 5.41) is 0.710. The third-order valence-electron chi connectivity index (χ3n) is 5.88. The van der Waals surface area contributed by atoms with E-state index in [1.165, 1.54) is 12.1 Å². The van der Waals surface area contributed by atoms with Crippen molar-refractivity contribution in [2.24, 2.45) is 5.73 Å². The van der Waals surface area contributed by atoms with Gasteiger partial charge in [-0.25, -0.2) is 14.2 Å². The highest BCUT2D eigenvalue weighted by Crippen LogP contribution is 2.30. The highest BCUT2D eigenvalue weighted by Gasteiger charge is 2.24. The lowest BCUT2D eigenvalue weighted by molar-refractivity contribution is -0.0000938. The molecule has 1 aliphatic rings. The predicted octanol–water partition coefficient (Wildman–Crippen LogP) is 3.08. The highest BCUT2D eigenvalue weighted by molar-refractivity contribution is 5.97. The van der Waals surface area contributed by atoms with Crippen molar-refractivity contribution < 1.29 is 23.5 Å². The number of urea groups is 1. The first-order valence-corrected chi connectivity index (χ1v) is 11.4. The van der Waals surface area contributed by atoms with Gasteiger partial charge in [0.25, 0.3) is 5.91 Å². The number of hydrogen-bond donors (Lipinski definition) is 1. The van der Waals surface area contributed by atoms with E-state index in [1.807, 2.05) is 4.90 Å². The molecule has 1 aromatic carbocycles. The van der Waals surface area contributed by atoms with Crippen LogP contribution in [0.15, 0.2) is 42.7 Å². The monoisotopic (exact) mass is 481 g/mol. The number of carbonyl (C=O) groups excluding carboxylic acids is 2. The number of likely N-dealkylation sites (tertiary alicyclic amines) is 1. The van der Waals surface area contributed by atoms with Crippen LogP contribution in [0.5, 0.6) is 5.75 Å². The number of primary amides is 1. The smallest absolute Gasteiger partial charge is 0.319 e. The number of hydrogen-bond acceptors (Lipinski definition) is 6. The maximum Gasteiger partial charge on any atom is 0.319 e. The largest absolute Gasteiger partial charge is 0.488 e. The molecule has 0 bridgehead atoms. The number of carbonyl (C=O) groups is 2. The van der Waals surface area contributed by atoms with E-state index in [9.17, 15) is 14.0 Å². The molecular weight excluding hydrogens is 453 g/mol. The van der Waals surface area contributed by atoms with Crippen molar-refractivity contribution in [1.82, 2.24) is 19.8 Å². The Morgan fingerprint density at radius 3 is 2.60 bits per heavy atom. The zero-order valence-corrected chi connectivity index (χ0v) is 19.7. The van der Waals surface area contributed by atoms with Gasteiger partial charge in [0.2, 0.25) is 0 Å². The first-order valence-electron chi connectivity index (χ1n) is 11.4. The number of halogens is 1. The molecule has 0 spiro atoms. The maximum atomic E-state index is 14.8. The Hall–Kier alpha value is -3.79. The average Bonchev–Trinajstić information content (AvgIpc) is 2.86. The normalized spacial score (nSPS) is 14.2. The SMILES string of the molecule is CN(C)C(=O)N1CCC(OCCOc2ccc(-c3cncc4ccc(C(N)=O)nc34)cc2F)CC1. The van der Waals surface area contributed by atoms with Crippen molar-refractivity contribution in [3.63, 3.8) is 0 Å². The van der Waals surface area contributed by atoms with E-state index in [-0.39, 0.29) is 30.2 Å². The molecule has 35 heavy (non-hydrogen) atoms. The van der Waals surface area contributed by atoms with E-state index in [4.69, 9.17) is 15.2 Å². The Labute approximate surface area is 202 Å². The molecule has 10 heteroatoms. The van der Waals surface area contributed by atoms with Gasteiger partial charge in [-0.1, -0.05) is 6.07 Å². The number of ether oxygens (including phenoxy) is 2. The van der Waals surface area contributed by atoms with E-state index >= 15 is 0 Å². The average molecular weight is 482 g/mol. The molecule has 1 fully saturated rings. The van der Waals surface area contributed by atoms with E-state index < -0.39 is 11.7 Å². The zero-order chi connectivity index (χ0) is 24.9. The van der Waals surface area contributed by atoms with Crippen LogP contribution in [0.1, 0.15) is 23.3 Å². The summed E-state index contributed by atoms with van der Waals surface area (Å²) in [4.78, 5) is 35.4. The molecule has 3 aromatic rings. The molecule has 3 heterocycles. The standard InChI is InChI=1S/C25H28FN5O4/c1-30(2)25(33)31-9-7-18(8-10-31)34-11-12-35-22-6-4-16(13-20(22)26)19-15-28-14-17-3-5-21(24(27)32)29-23(17)19/h3-6,13-15,18H,7-12H2,1-2H3,(H2,27,32). The Kier molecular flexibility index (Phi) is 7.40. The van der Waals surface area contributed by atoms with Crippen molar-refractivity contribution in [3.8, 4) is 16.9 Å². The van der Waals surface area contributed by atoms with Gasteiger partial charge in [-0.05, 0) is 42.7 Å². The molecule has 1 saturated heterocycles. The number of aromatic nitrogens is 2. The summed E-state index contributed by atoms with van der Waals surface area (Å²) in [6.07, 6.45) is 4.75. The summed E-state index contributed by atoms with van der Waals surface area (Å²) in [7, 11) is 3.48. The van der Waals surface area contributed by atoms with Crippen LogP contribution in [0, 0.1) is 5.82 Å². The fourth-order valence-corrected chi connectivity index (χ4v) is 4.04. The van der Waals surface area contributed by atoms with Crippen LogP contribution < -0.4 is 10.5 Å².